The number of aromatic nitrogens is 1. The van der Waals surface area contributed by atoms with Gasteiger partial charge in [-0.1, -0.05) is 24.3 Å². The van der Waals surface area contributed by atoms with E-state index < -0.39 is 32.7 Å². The van der Waals surface area contributed by atoms with Gasteiger partial charge in [0.05, 0.1) is 12.1 Å². The van der Waals surface area contributed by atoms with Crippen molar-refractivity contribution < 1.29 is 21.9 Å². The van der Waals surface area contributed by atoms with Crippen molar-refractivity contribution in [3.05, 3.63) is 66.2 Å². The monoisotopic (exact) mass is 390 g/mol. The van der Waals surface area contributed by atoms with Crippen LogP contribution in [-0.2, 0) is 10.0 Å². The fourth-order valence-corrected chi connectivity index (χ4v) is 4.75. The molecule has 0 radical (unpaired) electrons. The van der Waals surface area contributed by atoms with E-state index in [0.717, 1.165) is 33.4 Å². The van der Waals surface area contributed by atoms with Crippen LogP contribution in [0.15, 0.2) is 59.5 Å². The van der Waals surface area contributed by atoms with Crippen LogP contribution in [0, 0.1) is 11.6 Å². The third-order valence-corrected chi connectivity index (χ3v) is 6.40. The molecule has 3 aromatic rings. The van der Waals surface area contributed by atoms with Crippen LogP contribution in [0.4, 0.5) is 8.78 Å². The molecular formula is C19H16F2N2O3S. The fraction of sp³-hybridized carbons (Fsp3) is 0.211. The van der Waals surface area contributed by atoms with Gasteiger partial charge in [0.25, 0.3) is 0 Å². The van der Waals surface area contributed by atoms with E-state index in [1.54, 1.807) is 6.07 Å². The van der Waals surface area contributed by atoms with E-state index >= 15 is 0 Å². The highest BCUT2D eigenvalue weighted by Crippen LogP contribution is 2.27. The Bertz CT molecular complexity index is 1080. The molecule has 0 N–H and O–H groups in total. The van der Waals surface area contributed by atoms with Gasteiger partial charge < -0.3 is 4.74 Å². The second kappa shape index (κ2) is 6.86. The summed E-state index contributed by atoms with van der Waals surface area (Å²) in [4.78, 5) is 3.48. The minimum absolute atomic E-state index is 0.00458. The van der Waals surface area contributed by atoms with Crippen molar-refractivity contribution in [2.45, 2.75) is 17.4 Å². The summed E-state index contributed by atoms with van der Waals surface area (Å²) in [5.41, 5.74) is 0.769. The second-order valence-corrected chi connectivity index (χ2v) is 8.16. The first-order valence-corrected chi connectivity index (χ1v) is 9.86. The first-order chi connectivity index (χ1) is 12.9. The summed E-state index contributed by atoms with van der Waals surface area (Å²) in [6.07, 6.45) is -0.0349. The van der Waals surface area contributed by atoms with E-state index in [1.165, 1.54) is 0 Å². The van der Waals surface area contributed by atoms with Crippen molar-refractivity contribution in [1.82, 2.24) is 9.29 Å². The highest BCUT2D eigenvalue weighted by molar-refractivity contribution is 7.89. The predicted molar refractivity (Wildman–Crippen MR) is 95.9 cm³/mol. The van der Waals surface area contributed by atoms with Crippen LogP contribution < -0.4 is 4.74 Å². The average Bonchev–Trinajstić information content (AvgIpc) is 3.11. The molecule has 8 heteroatoms. The SMILES string of the molecule is O=S(=O)(c1c(F)cccc1F)N1CC[C@H](Oc2ccc3ccccc3n2)C1. The first-order valence-electron chi connectivity index (χ1n) is 8.42. The number of benzene rings is 2. The lowest BCUT2D eigenvalue weighted by Crippen LogP contribution is -2.32. The maximum absolute atomic E-state index is 13.9. The zero-order chi connectivity index (χ0) is 19.0. The Morgan fingerprint density at radius 1 is 1.00 bits per heavy atom. The lowest BCUT2D eigenvalue weighted by molar-refractivity contribution is 0.207. The van der Waals surface area contributed by atoms with Crippen LogP contribution >= 0.6 is 0 Å². The molecule has 1 aliphatic heterocycles. The summed E-state index contributed by atoms with van der Waals surface area (Å²) >= 11 is 0. The molecule has 1 fully saturated rings. The Kier molecular flexibility index (Phi) is 4.53. The summed E-state index contributed by atoms with van der Waals surface area (Å²) in [7, 11) is -4.28. The minimum atomic E-state index is -4.28. The highest BCUT2D eigenvalue weighted by Gasteiger charge is 2.37. The Morgan fingerprint density at radius 2 is 1.74 bits per heavy atom. The molecule has 2 heterocycles. The number of hydrogen-bond donors (Lipinski definition) is 0. The van der Waals surface area contributed by atoms with E-state index in [0.29, 0.717) is 12.3 Å². The summed E-state index contributed by atoms with van der Waals surface area (Å²) in [6.45, 7) is 0.124. The van der Waals surface area contributed by atoms with Gasteiger partial charge in [0.2, 0.25) is 15.9 Å². The first kappa shape index (κ1) is 17.8. The third kappa shape index (κ3) is 3.38. The standard InChI is InChI=1S/C19H16F2N2O3S/c20-15-5-3-6-16(21)19(15)27(24,25)23-11-10-14(12-23)26-18-9-8-13-4-1-2-7-17(13)22-18/h1-9,14H,10-12H2/t14-/m0/s1. The van der Waals surface area contributed by atoms with Crippen molar-refractivity contribution >= 4 is 20.9 Å². The van der Waals surface area contributed by atoms with Gasteiger partial charge in [-0.15, -0.1) is 0 Å². The number of rotatable bonds is 4. The number of ether oxygens (including phenoxy) is 1. The smallest absolute Gasteiger partial charge is 0.249 e. The maximum atomic E-state index is 13.9. The lowest BCUT2D eigenvalue weighted by Gasteiger charge is -2.18. The molecule has 4 rings (SSSR count). The third-order valence-electron chi connectivity index (χ3n) is 4.48. The molecule has 1 saturated heterocycles. The molecule has 0 aliphatic carbocycles. The lowest BCUT2D eigenvalue weighted by atomic mass is 10.2. The molecule has 5 nitrogen and oxygen atoms in total. The molecule has 0 bridgehead atoms. The molecule has 140 valence electrons. The molecule has 1 atom stereocenters. The molecule has 2 aromatic carbocycles. The average molecular weight is 390 g/mol. The van der Waals surface area contributed by atoms with E-state index in [4.69, 9.17) is 4.74 Å². The topological polar surface area (TPSA) is 59.5 Å². The van der Waals surface area contributed by atoms with Gasteiger partial charge in [0.1, 0.15) is 17.7 Å². The van der Waals surface area contributed by atoms with E-state index in [-0.39, 0.29) is 13.1 Å². The maximum Gasteiger partial charge on any atom is 0.249 e. The number of hydrogen-bond acceptors (Lipinski definition) is 4. The summed E-state index contributed by atoms with van der Waals surface area (Å²) in [5.74, 6) is -1.82. The second-order valence-electron chi connectivity index (χ2n) is 6.28. The van der Waals surface area contributed by atoms with Gasteiger partial charge >= 0.3 is 0 Å². The Hall–Kier alpha value is -2.58. The number of pyridine rings is 1. The summed E-state index contributed by atoms with van der Waals surface area (Å²) in [6, 6.07) is 14.1. The van der Waals surface area contributed by atoms with Gasteiger partial charge in [-0.05, 0) is 30.7 Å². The van der Waals surface area contributed by atoms with Crippen molar-refractivity contribution in [2.75, 3.05) is 13.1 Å². The molecule has 0 spiro atoms. The van der Waals surface area contributed by atoms with Gasteiger partial charge in [0, 0.05) is 18.0 Å². The van der Waals surface area contributed by atoms with Crippen LogP contribution in [0.5, 0.6) is 5.88 Å². The zero-order valence-electron chi connectivity index (χ0n) is 14.2. The van der Waals surface area contributed by atoms with Crippen molar-refractivity contribution in [3.8, 4) is 5.88 Å². The van der Waals surface area contributed by atoms with E-state index in [1.807, 2.05) is 30.3 Å². The highest BCUT2D eigenvalue weighted by atomic mass is 32.2. The van der Waals surface area contributed by atoms with Gasteiger partial charge in [-0.3, -0.25) is 0 Å². The van der Waals surface area contributed by atoms with Crippen LogP contribution in [0.25, 0.3) is 10.9 Å². The minimum Gasteiger partial charge on any atom is -0.473 e. The fourth-order valence-electron chi connectivity index (χ4n) is 3.15. The zero-order valence-corrected chi connectivity index (χ0v) is 15.0. The van der Waals surface area contributed by atoms with E-state index in [2.05, 4.69) is 4.98 Å². The number of nitrogens with zero attached hydrogens (tertiary/aromatic N) is 2. The van der Waals surface area contributed by atoms with Crippen molar-refractivity contribution in [1.29, 1.82) is 0 Å². The Balaban J connectivity index is 1.52. The molecular weight excluding hydrogens is 374 g/mol. The molecule has 0 unspecified atom stereocenters. The number of halogens is 2. The molecule has 27 heavy (non-hydrogen) atoms. The number of fused-ring (bicyclic) bond motifs is 1. The predicted octanol–water partition coefficient (Wildman–Crippen LogP) is 3.36. The molecule has 0 amide bonds. The van der Waals surface area contributed by atoms with Gasteiger partial charge in [-0.2, -0.15) is 4.31 Å². The van der Waals surface area contributed by atoms with Crippen LogP contribution in [-0.4, -0.2) is 36.9 Å². The quantitative estimate of drug-likeness (QED) is 0.686. The summed E-state index contributed by atoms with van der Waals surface area (Å²) in [5, 5.41) is 0.968. The van der Waals surface area contributed by atoms with Crippen molar-refractivity contribution in [3.63, 3.8) is 0 Å². The number of para-hydroxylation sites is 1. The van der Waals surface area contributed by atoms with Crippen molar-refractivity contribution in [2.24, 2.45) is 0 Å². The number of sulfonamides is 1. The van der Waals surface area contributed by atoms with Gasteiger partial charge in [0.15, 0.2) is 4.90 Å². The van der Waals surface area contributed by atoms with Crippen LogP contribution in [0.2, 0.25) is 0 Å². The Morgan fingerprint density at radius 3 is 2.52 bits per heavy atom. The largest absolute Gasteiger partial charge is 0.473 e. The molecule has 0 saturated carbocycles. The summed E-state index contributed by atoms with van der Waals surface area (Å²) < 4.78 is 59.9. The van der Waals surface area contributed by atoms with Crippen LogP contribution in [0.3, 0.4) is 0 Å². The normalized spacial score (nSPS) is 18.1. The Labute approximate surface area is 155 Å². The molecule has 1 aliphatic rings. The van der Waals surface area contributed by atoms with Gasteiger partial charge in [-0.25, -0.2) is 22.2 Å². The molecule has 1 aromatic heterocycles. The van der Waals surface area contributed by atoms with E-state index in [9.17, 15) is 17.2 Å². The van der Waals surface area contributed by atoms with Crippen LogP contribution in [0.1, 0.15) is 6.42 Å².